The molecule has 1 heterocycles. The molecule has 30 heavy (non-hydrogen) atoms. The highest BCUT2D eigenvalue weighted by Gasteiger charge is 2.22. The minimum Gasteiger partial charge on any atom is -0.497 e. The highest BCUT2D eigenvalue weighted by atomic mass is 32.2. The first kappa shape index (κ1) is 22.1. The van der Waals surface area contributed by atoms with Gasteiger partial charge in [-0.2, -0.15) is 5.10 Å². The van der Waals surface area contributed by atoms with E-state index < -0.39 is 16.9 Å². The van der Waals surface area contributed by atoms with Crippen molar-refractivity contribution in [2.45, 2.75) is 10.4 Å². The Balaban J connectivity index is 2.30. The van der Waals surface area contributed by atoms with Crippen LogP contribution in [-0.2, 0) is 4.74 Å². The van der Waals surface area contributed by atoms with Crippen LogP contribution in [0.2, 0.25) is 0 Å². The van der Waals surface area contributed by atoms with Gasteiger partial charge in [-0.15, -0.1) is 11.8 Å². The number of nitrogens with zero attached hydrogens (tertiary/aromatic N) is 2. The Hall–Kier alpha value is -2.58. The van der Waals surface area contributed by atoms with E-state index in [1.807, 2.05) is 0 Å². The summed E-state index contributed by atoms with van der Waals surface area (Å²) >= 11 is 1.33. The van der Waals surface area contributed by atoms with Crippen LogP contribution in [0, 0.1) is 0 Å². The maximum atomic E-state index is 13.5. The lowest BCUT2D eigenvalue weighted by Gasteiger charge is -2.18. The van der Waals surface area contributed by atoms with Gasteiger partial charge in [0.15, 0.2) is 7.85 Å². The molecule has 0 spiro atoms. The van der Waals surface area contributed by atoms with Gasteiger partial charge in [-0.05, 0) is 36.6 Å². The molecule has 2 radical (unpaired) electrons. The van der Waals surface area contributed by atoms with Crippen LogP contribution in [0.3, 0.4) is 0 Å². The Morgan fingerprint density at radius 3 is 2.43 bits per heavy atom. The summed E-state index contributed by atoms with van der Waals surface area (Å²) in [7, 11) is 9.61. The second kappa shape index (κ2) is 8.66. The Labute approximate surface area is 179 Å². The second-order valence-electron chi connectivity index (χ2n) is 6.10. The van der Waals surface area contributed by atoms with Gasteiger partial charge in [-0.3, -0.25) is 4.79 Å². The van der Waals surface area contributed by atoms with Gasteiger partial charge in [-0.1, -0.05) is 9.24 Å². The van der Waals surface area contributed by atoms with Crippen molar-refractivity contribution in [3.63, 3.8) is 0 Å². The first-order chi connectivity index (χ1) is 14.2. The van der Waals surface area contributed by atoms with Crippen molar-refractivity contribution < 1.29 is 23.4 Å². The molecule has 0 fully saturated rings. The molecule has 0 aliphatic rings. The van der Waals surface area contributed by atoms with Crippen LogP contribution in [0.1, 0.15) is 10.5 Å². The molecule has 2 aromatic carbocycles. The number of methoxy groups -OCH3 is 2. The fraction of sp³-hybridized carbons (Fsp3) is 0.211. The van der Waals surface area contributed by atoms with Crippen molar-refractivity contribution in [3.05, 3.63) is 52.3 Å². The molecule has 7 nitrogen and oxygen atoms in total. The predicted molar refractivity (Wildman–Crippen MR) is 117 cm³/mol. The van der Waals surface area contributed by atoms with E-state index in [9.17, 15) is 14.0 Å². The molecule has 0 bridgehead atoms. The molecule has 2 unspecified atom stereocenters. The minimum atomic E-state index is -2.41. The third-order valence-electron chi connectivity index (χ3n) is 4.12. The number of alkyl halides is 1. The highest BCUT2D eigenvalue weighted by Crippen LogP contribution is 2.31. The van der Waals surface area contributed by atoms with Gasteiger partial charge >= 0.3 is 5.97 Å². The molecule has 0 saturated heterocycles. The van der Waals surface area contributed by atoms with E-state index >= 15 is 0 Å². The molecular formula is C19H17BFN2O5PS. The third-order valence-corrected chi connectivity index (χ3v) is 4.99. The average Bonchev–Trinajstić information content (AvgIpc) is 2.72. The van der Waals surface area contributed by atoms with E-state index in [1.165, 1.54) is 42.8 Å². The number of thioether (sulfide) groups is 1. The van der Waals surface area contributed by atoms with Crippen LogP contribution >= 0.6 is 21.0 Å². The van der Waals surface area contributed by atoms with Crippen LogP contribution in [0.25, 0.3) is 16.6 Å². The number of carbonyl (C=O) groups excluding carboxylic acids is 1. The first-order valence-electron chi connectivity index (χ1n) is 8.52. The summed E-state index contributed by atoms with van der Waals surface area (Å²) in [6.45, 7) is 0. The lowest BCUT2D eigenvalue weighted by Crippen LogP contribution is -2.24. The largest absolute Gasteiger partial charge is 0.497 e. The summed E-state index contributed by atoms with van der Waals surface area (Å²) < 4.78 is 29.9. The maximum Gasteiger partial charge on any atom is 0.362 e. The van der Waals surface area contributed by atoms with E-state index in [4.69, 9.17) is 22.1 Å². The van der Waals surface area contributed by atoms with Gasteiger partial charge in [0.1, 0.15) is 11.5 Å². The molecule has 154 valence electrons. The summed E-state index contributed by atoms with van der Waals surface area (Å²) in [5.74, 6) is -0.160. The Morgan fingerprint density at radius 2 is 1.90 bits per heavy atom. The fourth-order valence-corrected chi connectivity index (χ4v) is 3.60. The van der Waals surface area contributed by atoms with E-state index in [2.05, 4.69) is 5.10 Å². The van der Waals surface area contributed by atoms with Gasteiger partial charge in [0.2, 0.25) is 16.6 Å². The molecular weight excluding hydrogens is 429 g/mol. The van der Waals surface area contributed by atoms with Gasteiger partial charge in [-0.25, -0.2) is 13.9 Å². The molecule has 0 saturated carbocycles. The molecule has 1 aromatic heterocycles. The number of fused-ring (bicyclic) bond motifs is 1. The van der Waals surface area contributed by atoms with Crippen LogP contribution in [0.4, 0.5) is 4.39 Å². The smallest absolute Gasteiger partial charge is 0.362 e. The molecule has 2 atom stereocenters. The van der Waals surface area contributed by atoms with E-state index in [0.717, 1.165) is 0 Å². The number of esters is 1. The average molecular weight is 446 g/mol. The van der Waals surface area contributed by atoms with Crippen molar-refractivity contribution in [1.29, 1.82) is 0 Å². The standard InChI is InChI=1S/C19H17BFN2O5PS/c1-26-12-8-13-15(14(9-12)30-3)17(24)16(18(25)27-2)22-23(13)10-4-6-11(7-5-10)28-19(20,21)29/h4-9H,29H2,1-3H3. The number of halogens is 1. The number of carbonyl (C=O) groups is 1. The van der Waals surface area contributed by atoms with Gasteiger partial charge < -0.3 is 14.2 Å². The topological polar surface area (TPSA) is 79.7 Å². The van der Waals surface area contributed by atoms with Crippen LogP contribution < -0.4 is 14.9 Å². The van der Waals surface area contributed by atoms with Crippen molar-refractivity contribution in [2.24, 2.45) is 0 Å². The zero-order chi connectivity index (χ0) is 22.1. The molecule has 11 heteroatoms. The molecule has 0 aliphatic carbocycles. The highest BCUT2D eigenvalue weighted by molar-refractivity contribution is 7.98. The van der Waals surface area contributed by atoms with E-state index in [0.29, 0.717) is 27.2 Å². The van der Waals surface area contributed by atoms with E-state index in [1.54, 1.807) is 39.8 Å². The van der Waals surface area contributed by atoms with Gasteiger partial charge in [0.05, 0.1) is 30.8 Å². The zero-order valence-electron chi connectivity index (χ0n) is 16.3. The quantitative estimate of drug-likeness (QED) is 0.249. The summed E-state index contributed by atoms with van der Waals surface area (Å²) in [4.78, 5) is 25.8. The molecule has 3 aromatic rings. The zero-order valence-corrected chi connectivity index (χ0v) is 18.3. The summed E-state index contributed by atoms with van der Waals surface area (Å²) in [5.41, 5.74) is -2.41. The van der Waals surface area contributed by atoms with Crippen molar-refractivity contribution in [2.75, 3.05) is 20.5 Å². The maximum absolute atomic E-state index is 13.5. The SMILES string of the molecule is [B]C(F)(P)Oc1ccc(-n2nc(C(=O)OC)c(=O)c3c(SC)cc(OC)cc32)cc1. The molecule has 0 N–H and O–H groups in total. The molecule has 3 rings (SSSR count). The lowest BCUT2D eigenvalue weighted by molar-refractivity contribution is 0.0590. The number of rotatable bonds is 6. The summed E-state index contributed by atoms with van der Waals surface area (Å²) in [6, 6.07) is 9.49. The summed E-state index contributed by atoms with van der Waals surface area (Å²) in [5, 5.41) is 4.52. The van der Waals surface area contributed by atoms with Gasteiger partial charge in [0, 0.05) is 11.0 Å². The minimum absolute atomic E-state index is 0.180. The van der Waals surface area contributed by atoms with Crippen LogP contribution in [-0.4, -0.2) is 49.6 Å². The molecule has 0 aliphatic heterocycles. The monoisotopic (exact) mass is 446 g/mol. The summed E-state index contributed by atoms with van der Waals surface area (Å²) in [6.07, 6.45) is 1.81. The van der Waals surface area contributed by atoms with Crippen molar-refractivity contribution >= 4 is 45.7 Å². The van der Waals surface area contributed by atoms with Crippen LogP contribution in [0.15, 0.2) is 46.1 Å². The number of hydrogen-bond acceptors (Lipinski definition) is 7. The predicted octanol–water partition coefficient (Wildman–Crippen LogP) is 2.91. The number of ether oxygens (including phenoxy) is 3. The Morgan fingerprint density at radius 1 is 1.23 bits per heavy atom. The Kier molecular flexibility index (Phi) is 6.38. The van der Waals surface area contributed by atoms with E-state index in [-0.39, 0.29) is 11.4 Å². The first-order valence-corrected chi connectivity index (χ1v) is 10.3. The normalized spacial score (nSPS) is 13.0. The van der Waals surface area contributed by atoms with Crippen molar-refractivity contribution in [1.82, 2.24) is 9.78 Å². The number of hydrogen-bond donors (Lipinski definition) is 0. The van der Waals surface area contributed by atoms with Gasteiger partial charge in [0.25, 0.3) is 0 Å². The number of aromatic nitrogens is 2. The molecule has 0 amide bonds. The Bertz CT molecular complexity index is 1160. The number of benzene rings is 2. The fourth-order valence-electron chi connectivity index (χ4n) is 2.83. The lowest BCUT2D eigenvalue weighted by atomic mass is 10.1. The third kappa shape index (κ3) is 4.44. The van der Waals surface area contributed by atoms with Crippen LogP contribution in [0.5, 0.6) is 11.5 Å². The second-order valence-corrected chi connectivity index (χ2v) is 7.73. The van der Waals surface area contributed by atoms with Crippen molar-refractivity contribution in [3.8, 4) is 17.2 Å².